The highest BCUT2D eigenvalue weighted by Crippen LogP contribution is 2.25. The molecule has 0 N–H and O–H groups in total. The monoisotopic (exact) mass is 341 g/mol. The molecule has 4 aromatic rings. The summed E-state index contributed by atoms with van der Waals surface area (Å²) in [6, 6.07) is 15.9. The van der Waals surface area contributed by atoms with Gasteiger partial charge in [-0.1, -0.05) is 24.3 Å². The summed E-state index contributed by atoms with van der Waals surface area (Å²) in [5.74, 6) is 0. The quantitative estimate of drug-likeness (QED) is 0.563. The zero-order valence-corrected chi connectivity index (χ0v) is 14.6. The van der Waals surface area contributed by atoms with Gasteiger partial charge in [-0.2, -0.15) is 0 Å². The van der Waals surface area contributed by atoms with Crippen molar-refractivity contribution < 1.29 is 0 Å². The first-order valence-electron chi connectivity index (χ1n) is 8.66. The third-order valence-corrected chi connectivity index (χ3v) is 4.58. The fourth-order valence-corrected chi connectivity index (χ4v) is 3.16. The van der Waals surface area contributed by atoms with Crippen LogP contribution in [0.1, 0.15) is 11.3 Å². The highest BCUT2D eigenvalue weighted by molar-refractivity contribution is 5.95. The molecule has 1 aromatic carbocycles. The molecule has 0 spiro atoms. The Balaban J connectivity index is 1.74. The maximum absolute atomic E-state index is 13.1. The lowest BCUT2D eigenvalue weighted by Crippen LogP contribution is -2.21. The summed E-state index contributed by atoms with van der Waals surface area (Å²) in [5.41, 5.74) is 4.10. The van der Waals surface area contributed by atoms with Crippen molar-refractivity contribution in [3.05, 3.63) is 94.9 Å². The first-order valence-corrected chi connectivity index (χ1v) is 8.66. The van der Waals surface area contributed by atoms with E-state index in [1.807, 2.05) is 67.8 Å². The lowest BCUT2D eigenvalue weighted by atomic mass is 10.0. The van der Waals surface area contributed by atoms with Crippen LogP contribution in [0, 0.1) is 6.92 Å². The van der Waals surface area contributed by atoms with E-state index >= 15 is 0 Å². The van der Waals surface area contributed by atoms with Gasteiger partial charge in [-0.3, -0.25) is 14.8 Å². The molecule has 4 nitrogen and oxygen atoms in total. The molecule has 0 aliphatic carbocycles. The molecule has 0 fully saturated rings. The average Bonchev–Trinajstić information content (AvgIpc) is 2.69. The van der Waals surface area contributed by atoms with Crippen molar-refractivity contribution in [3.8, 4) is 11.1 Å². The maximum Gasteiger partial charge on any atom is 0.259 e. The Bertz CT molecular complexity index is 1100. The fraction of sp³-hybridized carbons (Fsp3) is 0.136. The molecule has 3 heterocycles. The van der Waals surface area contributed by atoms with Gasteiger partial charge < -0.3 is 4.57 Å². The predicted molar refractivity (Wildman–Crippen MR) is 104 cm³/mol. The van der Waals surface area contributed by atoms with Crippen molar-refractivity contribution in [2.24, 2.45) is 0 Å². The molecule has 0 saturated carbocycles. The standard InChI is InChI=1S/C22H19N3O/c1-16-5-6-19(24-15-16)10-14-25-13-9-18-3-2-4-20(21(18)22(25)26)17-7-11-23-12-8-17/h2-9,11-13,15H,10,14H2,1H3. The molecule has 4 rings (SSSR count). The third kappa shape index (κ3) is 3.14. The van der Waals surface area contributed by atoms with Crippen LogP contribution < -0.4 is 5.56 Å². The van der Waals surface area contributed by atoms with Gasteiger partial charge in [-0.05, 0) is 53.3 Å². The molecule has 26 heavy (non-hydrogen) atoms. The second-order valence-electron chi connectivity index (χ2n) is 6.40. The smallest absolute Gasteiger partial charge is 0.259 e. The Labute approximate surface area is 151 Å². The van der Waals surface area contributed by atoms with Crippen molar-refractivity contribution in [3.63, 3.8) is 0 Å². The molecule has 0 atom stereocenters. The van der Waals surface area contributed by atoms with Crippen LogP contribution in [0.2, 0.25) is 0 Å². The Morgan fingerprint density at radius 1 is 1.00 bits per heavy atom. The summed E-state index contributed by atoms with van der Waals surface area (Å²) < 4.78 is 1.77. The third-order valence-electron chi connectivity index (χ3n) is 4.58. The van der Waals surface area contributed by atoms with Crippen LogP contribution in [0.25, 0.3) is 21.9 Å². The molecule has 0 aliphatic rings. The van der Waals surface area contributed by atoms with Gasteiger partial charge in [0, 0.05) is 43.4 Å². The van der Waals surface area contributed by atoms with Gasteiger partial charge in [0.25, 0.3) is 5.56 Å². The maximum atomic E-state index is 13.1. The van der Waals surface area contributed by atoms with E-state index in [0.717, 1.165) is 39.6 Å². The van der Waals surface area contributed by atoms with Gasteiger partial charge in [0.05, 0.1) is 5.39 Å². The van der Waals surface area contributed by atoms with E-state index in [1.54, 1.807) is 17.0 Å². The zero-order valence-electron chi connectivity index (χ0n) is 14.6. The number of rotatable bonds is 4. The minimum atomic E-state index is 0.0297. The average molecular weight is 341 g/mol. The molecule has 128 valence electrons. The summed E-state index contributed by atoms with van der Waals surface area (Å²) in [7, 11) is 0. The summed E-state index contributed by atoms with van der Waals surface area (Å²) in [6.45, 7) is 2.63. The first kappa shape index (κ1) is 16.2. The van der Waals surface area contributed by atoms with Crippen LogP contribution >= 0.6 is 0 Å². The zero-order chi connectivity index (χ0) is 17.9. The van der Waals surface area contributed by atoms with E-state index in [-0.39, 0.29) is 5.56 Å². The highest BCUT2D eigenvalue weighted by Gasteiger charge is 2.09. The number of nitrogens with zero attached hydrogens (tertiary/aromatic N) is 3. The summed E-state index contributed by atoms with van der Waals surface area (Å²) in [6.07, 6.45) is 7.95. The van der Waals surface area contributed by atoms with Crippen LogP contribution in [-0.2, 0) is 13.0 Å². The molecule has 3 aromatic heterocycles. The number of hydrogen-bond donors (Lipinski definition) is 0. The van der Waals surface area contributed by atoms with Gasteiger partial charge in [-0.15, -0.1) is 0 Å². The normalized spacial score (nSPS) is 11.0. The topological polar surface area (TPSA) is 47.8 Å². The SMILES string of the molecule is Cc1ccc(CCn2ccc3cccc(-c4ccncc4)c3c2=O)nc1. The number of fused-ring (bicyclic) bond motifs is 1. The van der Waals surface area contributed by atoms with Gasteiger partial charge >= 0.3 is 0 Å². The van der Waals surface area contributed by atoms with E-state index in [1.165, 1.54) is 0 Å². The lowest BCUT2D eigenvalue weighted by molar-refractivity contribution is 0.665. The Morgan fingerprint density at radius 3 is 2.62 bits per heavy atom. The van der Waals surface area contributed by atoms with Crippen molar-refractivity contribution in [1.82, 2.24) is 14.5 Å². The van der Waals surface area contributed by atoms with Crippen molar-refractivity contribution in [2.45, 2.75) is 19.9 Å². The molecule has 0 bridgehead atoms. The van der Waals surface area contributed by atoms with E-state index in [0.29, 0.717) is 6.54 Å². The second-order valence-corrected chi connectivity index (χ2v) is 6.40. The second kappa shape index (κ2) is 6.92. The van der Waals surface area contributed by atoms with Crippen LogP contribution in [0.15, 0.2) is 78.1 Å². The Hall–Kier alpha value is -3.27. The van der Waals surface area contributed by atoms with Gasteiger partial charge in [-0.25, -0.2) is 0 Å². The highest BCUT2D eigenvalue weighted by atomic mass is 16.1. The molecule has 0 unspecified atom stereocenters. The summed E-state index contributed by atoms with van der Waals surface area (Å²) in [5, 5.41) is 1.70. The van der Waals surface area contributed by atoms with Gasteiger partial charge in [0.15, 0.2) is 0 Å². The Morgan fingerprint density at radius 2 is 1.85 bits per heavy atom. The summed E-state index contributed by atoms with van der Waals surface area (Å²) in [4.78, 5) is 21.6. The van der Waals surface area contributed by atoms with Crippen LogP contribution in [0.3, 0.4) is 0 Å². The molecule has 0 amide bonds. The lowest BCUT2D eigenvalue weighted by Gasteiger charge is -2.10. The van der Waals surface area contributed by atoms with Crippen LogP contribution in [-0.4, -0.2) is 14.5 Å². The van der Waals surface area contributed by atoms with Crippen LogP contribution in [0.5, 0.6) is 0 Å². The number of hydrogen-bond acceptors (Lipinski definition) is 3. The minimum Gasteiger partial charge on any atom is -0.315 e. The van der Waals surface area contributed by atoms with Crippen LogP contribution in [0.4, 0.5) is 0 Å². The van der Waals surface area contributed by atoms with Crippen molar-refractivity contribution >= 4 is 10.8 Å². The van der Waals surface area contributed by atoms with E-state index in [9.17, 15) is 4.79 Å². The van der Waals surface area contributed by atoms with Crippen molar-refractivity contribution in [2.75, 3.05) is 0 Å². The van der Waals surface area contributed by atoms with E-state index < -0.39 is 0 Å². The number of pyridine rings is 3. The summed E-state index contributed by atoms with van der Waals surface area (Å²) >= 11 is 0. The van der Waals surface area contributed by atoms with Gasteiger partial charge in [0.1, 0.15) is 0 Å². The number of aromatic nitrogens is 3. The molecular weight excluding hydrogens is 322 g/mol. The molecule has 0 radical (unpaired) electrons. The molecular formula is C22H19N3O. The largest absolute Gasteiger partial charge is 0.315 e. The van der Waals surface area contributed by atoms with E-state index in [2.05, 4.69) is 9.97 Å². The molecule has 4 heteroatoms. The predicted octanol–water partition coefficient (Wildman–Crippen LogP) is 4.01. The molecule has 0 saturated heterocycles. The van der Waals surface area contributed by atoms with Gasteiger partial charge in [0.2, 0.25) is 0 Å². The van der Waals surface area contributed by atoms with Crippen molar-refractivity contribution in [1.29, 1.82) is 0 Å². The number of aryl methyl sites for hydroxylation is 3. The minimum absolute atomic E-state index is 0.0297. The van der Waals surface area contributed by atoms with E-state index in [4.69, 9.17) is 0 Å². The molecule has 0 aliphatic heterocycles. The number of benzene rings is 1. The first-order chi connectivity index (χ1) is 12.7. The fourth-order valence-electron chi connectivity index (χ4n) is 3.16. The Kier molecular flexibility index (Phi) is 4.32.